The number of aliphatic hydroxyl groups excluding tert-OH is 1. The summed E-state index contributed by atoms with van der Waals surface area (Å²) in [6.07, 6.45) is 3.31. The van der Waals surface area contributed by atoms with Gasteiger partial charge in [-0.25, -0.2) is 4.79 Å². The van der Waals surface area contributed by atoms with Crippen LogP contribution in [0, 0.1) is 27.9 Å². The van der Waals surface area contributed by atoms with Crippen molar-refractivity contribution in [2.75, 3.05) is 11.9 Å². The first kappa shape index (κ1) is 14.8. The van der Waals surface area contributed by atoms with Crippen LogP contribution in [-0.4, -0.2) is 28.7 Å². The Hall–Kier alpha value is -2.15. The van der Waals surface area contributed by atoms with Crippen molar-refractivity contribution in [1.82, 2.24) is 5.32 Å². The zero-order valence-electron chi connectivity index (χ0n) is 12.1. The Morgan fingerprint density at radius 3 is 2.59 bits per heavy atom. The van der Waals surface area contributed by atoms with E-state index >= 15 is 0 Å². The number of urea groups is 1. The average Bonchev–Trinajstić information content (AvgIpc) is 3.08. The number of benzene rings is 1. The van der Waals surface area contributed by atoms with Crippen LogP contribution in [0.2, 0.25) is 0 Å². The van der Waals surface area contributed by atoms with Gasteiger partial charge in [0.05, 0.1) is 4.92 Å². The maximum Gasteiger partial charge on any atom is 0.319 e. The first-order valence-corrected chi connectivity index (χ1v) is 7.51. The van der Waals surface area contributed by atoms with Crippen LogP contribution < -0.4 is 10.6 Å². The number of nitro benzene ring substituents is 1. The van der Waals surface area contributed by atoms with Gasteiger partial charge in [0.1, 0.15) is 0 Å². The second kappa shape index (κ2) is 5.92. The number of rotatable bonds is 4. The molecule has 2 bridgehead atoms. The van der Waals surface area contributed by atoms with Gasteiger partial charge in [0.15, 0.2) is 0 Å². The van der Waals surface area contributed by atoms with E-state index in [1.165, 1.54) is 24.3 Å². The molecule has 0 heterocycles. The van der Waals surface area contributed by atoms with Crippen molar-refractivity contribution in [3.05, 3.63) is 34.4 Å². The molecule has 3 rings (SSSR count). The van der Waals surface area contributed by atoms with Gasteiger partial charge in [0.2, 0.25) is 0 Å². The topological polar surface area (TPSA) is 104 Å². The van der Waals surface area contributed by atoms with Gasteiger partial charge in [-0.2, -0.15) is 0 Å². The fourth-order valence-electron chi connectivity index (χ4n) is 3.88. The predicted molar refractivity (Wildman–Crippen MR) is 80.4 cm³/mol. The minimum Gasteiger partial charge on any atom is -0.396 e. The summed E-state index contributed by atoms with van der Waals surface area (Å²) in [5.41, 5.74) is 0.492. The Bertz CT molecular complexity index is 575. The molecule has 7 nitrogen and oxygen atoms in total. The maximum atomic E-state index is 12.1. The number of non-ortho nitro benzene ring substituents is 1. The smallest absolute Gasteiger partial charge is 0.319 e. The van der Waals surface area contributed by atoms with Crippen molar-refractivity contribution < 1.29 is 14.8 Å². The lowest BCUT2D eigenvalue weighted by Crippen LogP contribution is -2.46. The van der Waals surface area contributed by atoms with Crippen molar-refractivity contribution in [1.29, 1.82) is 0 Å². The SMILES string of the molecule is O=C(Nc1ccc([N+](=O)[O-])cc1)N[C@@H]1[C@H]2CC[C@@H](C2)[C@H]1CO. The first-order valence-electron chi connectivity index (χ1n) is 7.51. The van der Waals surface area contributed by atoms with E-state index in [2.05, 4.69) is 10.6 Å². The normalized spacial score (nSPS) is 29.3. The van der Waals surface area contributed by atoms with Crippen LogP contribution in [0.1, 0.15) is 19.3 Å². The summed E-state index contributed by atoms with van der Waals surface area (Å²) in [5, 5.41) is 25.7. The highest BCUT2D eigenvalue weighted by atomic mass is 16.6. The fourth-order valence-corrected chi connectivity index (χ4v) is 3.88. The van der Waals surface area contributed by atoms with E-state index in [9.17, 15) is 20.0 Å². The van der Waals surface area contributed by atoms with Gasteiger partial charge in [0.25, 0.3) is 5.69 Å². The van der Waals surface area contributed by atoms with Gasteiger partial charge in [-0.05, 0) is 43.2 Å². The number of nitrogens with one attached hydrogen (secondary N) is 2. The molecule has 3 N–H and O–H groups in total. The number of fused-ring (bicyclic) bond motifs is 2. The van der Waals surface area contributed by atoms with Gasteiger partial charge >= 0.3 is 6.03 Å². The molecular weight excluding hydrogens is 286 g/mol. The summed E-state index contributed by atoms with van der Waals surface area (Å²) in [7, 11) is 0. The molecule has 1 aromatic carbocycles. The molecule has 0 saturated heterocycles. The highest BCUT2D eigenvalue weighted by Crippen LogP contribution is 2.48. The lowest BCUT2D eigenvalue weighted by Gasteiger charge is -2.30. The van der Waals surface area contributed by atoms with E-state index in [0.717, 1.165) is 19.3 Å². The van der Waals surface area contributed by atoms with Gasteiger partial charge in [-0.15, -0.1) is 0 Å². The molecule has 2 saturated carbocycles. The molecule has 1 aromatic rings. The number of nitro groups is 1. The van der Waals surface area contributed by atoms with E-state index in [1.54, 1.807) is 0 Å². The predicted octanol–water partition coefficient (Wildman–Crippen LogP) is 2.12. The highest BCUT2D eigenvalue weighted by Gasteiger charge is 2.47. The molecule has 4 atom stereocenters. The van der Waals surface area contributed by atoms with E-state index < -0.39 is 4.92 Å². The molecule has 0 unspecified atom stereocenters. The standard InChI is InChI=1S/C15H19N3O4/c19-8-13-9-1-2-10(7-9)14(13)17-15(20)16-11-3-5-12(6-4-11)18(21)22/h3-6,9-10,13-14,19H,1-2,7-8H2,(H2,16,17,20)/t9-,10-,13+,14+/m0/s1. The summed E-state index contributed by atoms with van der Waals surface area (Å²) in [6, 6.07) is 5.39. The summed E-state index contributed by atoms with van der Waals surface area (Å²) in [6.45, 7) is 0.101. The number of nitrogens with zero attached hydrogens (tertiary/aromatic N) is 1. The number of anilines is 1. The summed E-state index contributed by atoms with van der Waals surface area (Å²) in [5.74, 6) is 1.10. The molecule has 2 fully saturated rings. The first-order chi connectivity index (χ1) is 10.6. The second-order valence-corrected chi connectivity index (χ2v) is 6.11. The fraction of sp³-hybridized carbons (Fsp3) is 0.533. The monoisotopic (exact) mass is 305 g/mol. The number of amides is 2. The van der Waals surface area contributed by atoms with E-state index in [0.29, 0.717) is 17.5 Å². The molecule has 118 valence electrons. The number of aliphatic hydroxyl groups is 1. The Morgan fingerprint density at radius 2 is 1.95 bits per heavy atom. The molecule has 0 aliphatic heterocycles. The van der Waals surface area contributed by atoms with Crippen molar-refractivity contribution >= 4 is 17.4 Å². The lowest BCUT2D eigenvalue weighted by atomic mass is 9.85. The number of carbonyl (C=O) groups is 1. The molecule has 0 spiro atoms. The van der Waals surface area contributed by atoms with Crippen molar-refractivity contribution in [2.45, 2.75) is 25.3 Å². The molecule has 2 aliphatic carbocycles. The van der Waals surface area contributed by atoms with Crippen LogP contribution in [-0.2, 0) is 0 Å². The van der Waals surface area contributed by atoms with Crippen LogP contribution in [0.5, 0.6) is 0 Å². The third-order valence-electron chi connectivity index (χ3n) is 4.93. The Kier molecular flexibility index (Phi) is 3.98. The van der Waals surface area contributed by atoms with Crippen LogP contribution in [0.4, 0.5) is 16.2 Å². The molecule has 0 radical (unpaired) electrons. The third kappa shape index (κ3) is 2.76. The average molecular weight is 305 g/mol. The second-order valence-electron chi connectivity index (χ2n) is 6.11. The quantitative estimate of drug-likeness (QED) is 0.585. The molecule has 0 aromatic heterocycles. The largest absolute Gasteiger partial charge is 0.396 e. The Labute approximate surface area is 127 Å². The van der Waals surface area contributed by atoms with Crippen LogP contribution in [0.3, 0.4) is 0 Å². The molecule has 22 heavy (non-hydrogen) atoms. The minimum absolute atomic E-state index is 0.0144. The van der Waals surface area contributed by atoms with Crippen molar-refractivity contribution in [3.63, 3.8) is 0 Å². The lowest BCUT2D eigenvalue weighted by molar-refractivity contribution is -0.384. The summed E-state index contributed by atoms with van der Waals surface area (Å²) in [4.78, 5) is 22.2. The van der Waals surface area contributed by atoms with Gasteiger partial charge in [-0.1, -0.05) is 0 Å². The third-order valence-corrected chi connectivity index (χ3v) is 4.93. The minimum atomic E-state index is -0.481. The molecule has 7 heteroatoms. The van der Waals surface area contributed by atoms with Crippen molar-refractivity contribution in [3.8, 4) is 0 Å². The number of hydrogen-bond donors (Lipinski definition) is 3. The van der Waals surface area contributed by atoms with E-state index in [1.807, 2.05) is 0 Å². The molecule has 2 aliphatic rings. The van der Waals surface area contributed by atoms with E-state index in [4.69, 9.17) is 0 Å². The number of carbonyl (C=O) groups excluding carboxylic acids is 1. The van der Waals surface area contributed by atoms with Gasteiger partial charge < -0.3 is 15.7 Å². The zero-order chi connectivity index (χ0) is 15.7. The van der Waals surface area contributed by atoms with Crippen molar-refractivity contribution in [2.24, 2.45) is 17.8 Å². The van der Waals surface area contributed by atoms with E-state index in [-0.39, 0.29) is 30.3 Å². The number of hydrogen-bond acceptors (Lipinski definition) is 4. The van der Waals surface area contributed by atoms with Crippen LogP contribution in [0.15, 0.2) is 24.3 Å². The highest BCUT2D eigenvalue weighted by molar-refractivity contribution is 5.89. The maximum absolute atomic E-state index is 12.1. The van der Waals surface area contributed by atoms with Crippen LogP contribution >= 0.6 is 0 Å². The Balaban J connectivity index is 1.59. The molecular formula is C15H19N3O4. The Morgan fingerprint density at radius 1 is 1.27 bits per heavy atom. The van der Waals surface area contributed by atoms with Gasteiger partial charge in [0, 0.05) is 36.4 Å². The summed E-state index contributed by atoms with van der Waals surface area (Å²) >= 11 is 0. The van der Waals surface area contributed by atoms with Crippen LogP contribution in [0.25, 0.3) is 0 Å². The zero-order valence-corrected chi connectivity index (χ0v) is 12.1. The van der Waals surface area contributed by atoms with Gasteiger partial charge in [-0.3, -0.25) is 10.1 Å². The summed E-state index contributed by atoms with van der Waals surface area (Å²) < 4.78 is 0. The molecule has 2 amide bonds.